The Hall–Kier alpha value is -2.95. The molecule has 3 N–H and O–H groups in total. The molecule has 1 aromatic carbocycles. The first-order valence-electron chi connectivity index (χ1n) is 7.98. The maximum Gasteiger partial charge on any atom is 0.267 e. The molecular weight excluding hydrogens is 348 g/mol. The molecule has 6 nitrogen and oxygen atoms in total. The molecule has 0 unspecified atom stereocenters. The number of nitrogens with two attached hydrogens (primary N) is 1. The van der Waals surface area contributed by atoms with Gasteiger partial charge in [-0.3, -0.25) is 4.79 Å². The number of nitrogen functional groups attached to an aromatic ring is 1. The third kappa shape index (κ3) is 3.52. The summed E-state index contributed by atoms with van der Waals surface area (Å²) in [6, 6.07) is 11.2. The van der Waals surface area contributed by atoms with Gasteiger partial charge in [0.1, 0.15) is 9.71 Å². The fourth-order valence-electron chi connectivity index (χ4n) is 2.76. The monoisotopic (exact) mass is 366 g/mol. The zero-order valence-electron chi connectivity index (χ0n) is 14.5. The van der Waals surface area contributed by atoms with Gasteiger partial charge in [0, 0.05) is 23.9 Å². The smallest absolute Gasteiger partial charge is 0.267 e. The van der Waals surface area contributed by atoms with Crippen molar-refractivity contribution in [2.45, 2.75) is 20.0 Å². The van der Waals surface area contributed by atoms with Crippen molar-refractivity contribution in [3.05, 3.63) is 52.0 Å². The Labute approximate surface area is 155 Å². The fourth-order valence-corrected chi connectivity index (χ4v) is 3.84. The molecule has 7 heteroatoms. The Kier molecular flexibility index (Phi) is 5.16. The number of hydrogen-bond donors (Lipinski definition) is 2. The number of nitrogens with one attached hydrogen (secondary N) is 1. The van der Waals surface area contributed by atoms with Crippen molar-refractivity contribution >= 4 is 38.8 Å². The van der Waals surface area contributed by atoms with Crippen LogP contribution in [0.1, 0.15) is 26.5 Å². The molecule has 1 amide bonds. The molecule has 0 fully saturated rings. The number of carbonyl (C=O) groups excluding carboxylic acids is 1. The molecular formula is C19H18N4O2S. The number of carbonyl (C=O) groups is 1. The third-order valence-corrected chi connectivity index (χ3v) is 5.01. The number of nitriles is 1. The lowest BCUT2D eigenvalue weighted by Crippen LogP contribution is -2.12. The first-order valence-corrected chi connectivity index (χ1v) is 8.79. The van der Waals surface area contributed by atoms with Crippen LogP contribution in [-0.4, -0.2) is 18.0 Å². The van der Waals surface area contributed by atoms with E-state index in [2.05, 4.69) is 16.4 Å². The number of amides is 1. The normalized spacial score (nSPS) is 10.7. The van der Waals surface area contributed by atoms with Crippen molar-refractivity contribution in [3.8, 4) is 6.07 Å². The number of thiophene rings is 1. The summed E-state index contributed by atoms with van der Waals surface area (Å²) in [5, 5.41) is 12.3. The van der Waals surface area contributed by atoms with E-state index in [1.165, 1.54) is 11.3 Å². The number of aryl methyl sites for hydroxylation is 1. The molecule has 0 bridgehead atoms. The first-order chi connectivity index (χ1) is 12.5. The Morgan fingerprint density at radius 2 is 2.12 bits per heavy atom. The van der Waals surface area contributed by atoms with Crippen molar-refractivity contribution in [1.82, 2.24) is 4.98 Å². The molecule has 0 spiro atoms. The Morgan fingerprint density at radius 1 is 1.38 bits per heavy atom. The molecule has 26 heavy (non-hydrogen) atoms. The first kappa shape index (κ1) is 17.9. The number of anilines is 2. The van der Waals surface area contributed by atoms with Crippen molar-refractivity contribution in [3.63, 3.8) is 0 Å². The minimum Gasteiger partial charge on any atom is -0.397 e. The van der Waals surface area contributed by atoms with Crippen molar-refractivity contribution in [2.24, 2.45) is 0 Å². The van der Waals surface area contributed by atoms with Gasteiger partial charge in [0.15, 0.2) is 0 Å². The average Bonchev–Trinajstić information content (AvgIpc) is 2.94. The number of ether oxygens (including phenoxy) is 1. The van der Waals surface area contributed by atoms with E-state index in [1.54, 1.807) is 19.2 Å². The molecule has 3 aromatic rings. The number of nitrogens with zero attached hydrogens (tertiary/aromatic N) is 2. The van der Waals surface area contributed by atoms with Crippen LogP contribution in [0.3, 0.4) is 0 Å². The number of pyridine rings is 1. The topological polar surface area (TPSA) is 101 Å². The summed E-state index contributed by atoms with van der Waals surface area (Å²) in [6.07, 6.45) is 0.338. The summed E-state index contributed by atoms with van der Waals surface area (Å²) in [5.74, 6) is -0.278. The van der Waals surface area contributed by atoms with Crippen LogP contribution in [0.4, 0.5) is 11.4 Å². The quantitative estimate of drug-likeness (QED) is 0.718. The molecule has 0 saturated carbocycles. The predicted octanol–water partition coefficient (Wildman–Crippen LogP) is 3.65. The van der Waals surface area contributed by atoms with Crippen LogP contribution in [0.2, 0.25) is 0 Å². The predicted molar refractivity (Wildman–Crippen MR) is 103 cm³/mol. The van der Waals surface area contributed by atoms with Gasteiger partial charge < -0.3 is 15.8 Å². The largest absolute Gasteiger partial charge is 0.397 e. The van der Waals surface area contributed by atoms with Gasteiger partial charge in [-0.05, 0) is 36.2 Å². The summed E-state index contributed by atoms with van der Waals surface area (Å²) in [4.78, 5) is 18.3. The average molecular weight is 366 g/mol. The number of methoxy groups -OCH3 is 1. The summed E-state index contributed by atoms with van der Waals surface area (Å²) >= 11 is 1.27. The fraction of sp³-hybridized carbons (Fsp3) is 0.211. The van der Waals surface area contributed by atoms with E-state index in [1.807, 2.05) is 25.1 Å². The Balaban J connectivity index is 1.92. The highest BCUT2D eigenvalue weighted by atomic mass is 32.1. The van der Waals surface area contributed by atoms with Crippen LogP contribution in [-0.2, 0) is 17.8 Å². The molecule has 0 radical (unpaired) electrons. The zero-order valence-corrected chi connectivity index (χ0v) is 15.3. The Morgan fingerprint density at radius 3 is 2.77 bits per heavy atom. The summed E-state index contributed by atoms with van der Waals surface area (Å²) < 4.78 is 5.24. The molecule has 0 aliphatic rings. The van der Waals surface area contributed by atoms with E-state index < -0.39 is 0 Å². The zero-order chi connectivity index (χ0) is 18.7. The van der Waals surface area contributed by atoms with Crippen LogP contribution in [0.25, 0.3) is 10.2 Å². The number of rotatable bonds is 5. The van der Waals surface area contributed by atoms with E-state index >= 15 is 0 Å². The highest BCUT2D eigenvalue weighted by Gasteiger charge is 2.20. The van der Waals surface area contributed by atoms with Gasteiger partial charge in [0.05, 0.1) is 24.8 Å². The van der Waals surface area contributed by atoms with Gasteiger partial charge in [0.2, 0.25) is 0 Å². The van der Waals surface area contributed by atoms with Crippen molar-refractivity contribution < 1.29 is 9.53 Å². The minimum absolute atomic E-state index is 0.278. The molecule has 3 rings (SSSR count). The summed E-state index contributed by atoms with van der Waals surface area (Å²) in [5.41, 5.74) is 10.00. The highest BCUT2D eigenvalue weighted by molar-refractivity contribution is 7.21. The molecule has 0 saturated heterocycles. The Bertz CT molecular complexity index is 1000. The molecule has 2 heterocycles. The standard InChI is InChI=1S/C19H18N4O2S/c1-11-9-13(10-25-2)15-16(21)17(26-19(15)22-11)18(24)23-14-5-3-12(4-6-14)7-8-20/h3-6,9H,7,10,21H2,1-2H3,(H,23,24). The summed E-state index contributed by atoms with van der Waals surface area (Å²) in [6.45, 7) is 2.30. The van der Waals surface area contributed by atoms with E-state index in [9.17, 15) is 4.79 Å². The van der Waals surface area contributed by atoms with Crippen LogP contribution in [0, 0.1) is 18.3 Å². The third-order valence-electron chi connectivity index (χ3n) is 3.91. The lowest BCUT2D eigenvalue weighted by molar-refractivity contribution is 0.103. The SMILES string of the molecule is COCc1cc(C)nc2sc(C(=O)Nc3ccc(CC#N)cc3)c(N)c12. The highest BCUT2D eigenvalue weighted by Crippen LogP contribution is 2.36. The van der Waals surface area contributed by atoms with Crippen molar-refractivity contribution in [1.29, 1.82) is 5.26 Å². The maximum atomic E-state index is 12.7. The minimum atomic E-state index is -0.278. The van der Waals surface area contributed by atoms with Gasteiger partial charge in [-0.15, -0.1) is 11.3 Å². The second-order valence-corrected chi connectivity index (χ2v) is 6.87. The van der Waals surface area contributed by atoms with Crippen LogP contribution >= 0.6 is 11.3 Å². The van der Waals surface area contributed by atoms with E-state index in [4.69, 9.17) is 15.7 Å². The number of aromatic nitrogens is 1. The summed E-state index contributed by atoms with van der Waals surface area (Å²) in [7, 11) is 1.62. The van der Waals surface area contributed by atoms with Gasteiger partial charge in [-0.1, -0.05) is 12.1 Å². The molecule has 2 aromatic heterocycles. The van der Waals surface area contributed by atoms with Gasteiger partial charge >= 0.3 is 0 Å². The second-order valence-electron chi connectivity index (χ2n) is 5.87. The van der Waals surface area contributed by atoms with Crippen LogP contribution < -0.4 is 11.1 Å². The molecule has 132 valence electrons. The number of benzene rings is 1. The van der Waals surface area contributed by atoms with E-state index in [0.29, 0.717) is 29.3 Å². The lowest BCUT2D eigenvalue weighted by Gasteiger charge is -2.06. The molecule has 0 atom stereocenters. The second kappa shape index (κ2) is 7.52. The maximum absolute atomic E-state index is 12.7. The van der Waals surface area contributed by atoms with E-state index in [-0.39, 0.29) is 5.91 Å². The van der Waals surface area contributed by atoms with Gasteiger partial charge in [0.25, 0.3) is 5.91 Å². The van der Waals surface area contributed by atoms with Crippen molar-refractivity contribution in [2.75, 3.05) is 18.2 Å². The lowest BCUT2D eigenvalue weighted by atomic mass is 10.1. The van der Waals surface area contributed by atoms with Gasteiger partial charge in [-0.2, -0.15) is 5.26 Å². The number of fused-ring (bicyclic) bond motifs is 1. The van der Waals surface area contributed by atoms with Gasteiger partial charge in [-0.25, -0.2) is 4.98 Å². The van der Waals surface area contributed by atoms with E-state index in [0.717, 1.165) is 27.0 Å². The molecule has 0 aliphatic heterocycles. The van der Waals surface area contributed by atoms with Crippen LogP contribution in [0.15, 0.2) is 30.3 Å². The number of hydrogen-bond acceptors (Lipinski definition) is 6. The van der Waals surface area contributed by atoms with Crippen LogP contribution in [0.5, 0.6) is 0 Å². The molecule has 0 aliphatic carbocycles.